The van der Waals surface area contributed by atoms with E-state index in [-0.39, 0.29) is 23.7 Å². The van der Waals surface area contributed by atoms with Gasteiger partial charge >= 0.3 is 0 Å². The molecule has 4 unspecified atom stereocenters. The molecule has 25 heavy (non-hydrogen) atoms. The van der Waals surface area contributed by atoms with Gasteiger partial charge in [0.2, 0.25) is 5.91 Å². The predicted molar refractivity (Wildman–Crippen MR) is 102 cm³/mol. The lowest BCUT2D eigenvalue weighted by atomic mass is 9.67. The number of aryl methyl sites for hydroxylation is 1. The number of carbonyl (C=O) groups is 1. The molecule has 1 aromatic rings. The Bertz CT molecular complexity index is 664. The summed E-state index contributed by atoms with van der Waals surface area (Å²) in [6.07, 6.45) is 9.35. The van der Waals surface area contributed by atoms with Gasteiger partial charge in [-0.15, -0.1) is 12.4 Å². The maximum absolute atomic E-state index is 13.0. The lowest BCUT2D eigenvalue weighted by Crippen LogP contribution is -2.54. The first kappa shape index (κ1) is 17.4. The number of nitrogens with one attached hydrogen (secondary N) is 1. The third-order valence-electron chi connectivity index (χ3n) is 7.47. The second-order valence-corrected chi connectivity index (χ2v) is 8.79. The summed E-state index contributed by atoms with van der Waals surface area (Å²) < 4.78 is 0. The maximum Gasteiger partial charge on any atom is 0.224 e. The summed E-state index contributed by atoms with van der Waals surface area (Å²) in [5, 5.41) is 3.49. The van der Waals surface area contributed by atoms with Crippen LogP contribution in [0.4, 0.5) is 0 Å². The quantitative estimate of drug-likeness (QED) is 0.849. The van der Waals surface area contributed by atoms with Crippen molar-refractivity contribution in [3.63, 3.8) is 0 Å². The molecule has 1 spiro atoms. The van der Waals surface area contributed by atoms with Crippen LogP contribution in [-0.2, 0) is 16.6 Å². The lowest BCUT2D eigenvalue weighted by molar-refractivity contribution is -0.125. The maximum atomic E-state index is 13.0. The molecule has 3 saturated carbocycles. The second kappa shape index (κ2) is 6.28. The largest absolute Gasteiger partial charge is 0.353 e. The van der Waals surface area contributed by atoms with Gasteiger partial charge in [-0.3, -0.25) is 4.79 Å². The zero-order valence-electron chi connectivity index (χ0n) is 14.7. The Balaban J connectivity index is 0.00000157. The van der Waals surface area contributed by atoms with Crippen LogP contribution in [0, 0.1) is 17.8 Å². The summed E-state index contributed by atoms with van der Waals surface area (Å²) in [6, 6.07) is 9.49. The SMILES string of the molecule is Cl.NC1CC2CCCC(C1)C2NC(=O)C1CC12CCc1ccccc12. The number of fused-ring (bicyclic) bond motifs is 4. The van der Waals surface area contributed by atoms with Crippen molar-refractivity contribution in [3.05, 3.63) is 35.4 Å². The average Bonchev–Trinajstić information content (AvgIpc) is 3.18. The molecule has 0 saturated heterocycles. The number of halogens is 1. The molecular weight excluding hydrogens is 332 g/mol. The van der Waals surface area contributed by atoms with Gasteiger partial charge in [0.15, 0.2) is 0 Å². The Morgan fingerprint density at radius 3 is 2.64 bits per heavy atom. The van der Waals surface area contributed by atoms with E-state index in [1.807, 2.05) is 0 Å². The fourth-order valence-electron chi connectivity index (χ4n) is 6.23. The van der Waals surface area contributed by atoms with Crippen LogP contribution in [0.3, 0.4) is 0 Å². The summed E-state index contributed by atoms with van der Waals surface area (Å²) in [5.74, 6) is 1.76. The minimum absolute atomic E-state index is 0. The number of hydrogen-bond donors (Lipinski definition) is 2. The highest BCUT2D eigenvalue weighted by molar-refractivity contribution is 5.85. The Morgan fingerprint density at radius 2 is 1.88 bits per heavy atom. The average molecular weight is 361 g/mol. The van der Waals surface area contributed by atoms with Crippen LogP contribution < -0.4 is 11.1 Å². The van der Waals surface area contributed by atoms with Gasteiger partial charge in [-0.2, -0.15) is 0 Å². The third-order valence-corrected chi connectivity index (χ3v) is 7.47. The number of carbonyl (C=O) groups excluding carboxylic acids is 1. The van der Waals surface area contributed by atoms with E-state index in [1.54, 1.807) is 0 Å². The highest BCUT2D eigenvalue weighted by atomic mass is 35.5. The topological polar surface area (TPSA) is 55.1 Å². The Hall–Kier alpha value is -1.06. The Morgan fingerprint density at radius 1 is 1.16 bits per heavy atom. The molecule has 4 heteroatoms. The standard InChI is InChI=1S/C21H28N2O.ClH/c22-16-10-14-5-3-6-15(11-16)19(14)23-20(24)18-12-21(18)9-8-13-4-1-2-7-17(13)21;/h1-2,4,7,14-16,18-19H,3,5-6,8-12,22H2,(H,23,24);1H. The van der Waals surface area contributed by atoms with E-state index < -0.39 is 0 Å². The molecule has 3 nitrogen and oxygen atoms in total. The monoisotopic (exact) mass is 360 g/mol. The molecular formula is C21H29ClN2O. The van der Waals surface area contributed by atoms with Crippen LogP contribution >= 0.6 is 12.4 Å². The predicted octanol–water partition coefficient (Wildman–Crippen LogP) is 3.33. The van der Waals surface area contributed by atoms with Gasteiger partial charge in [-0.05, 0) is 67.9 Å². The van der Waals surface area contributed by atoms with Crippen molar-refractivity contribution >= 4 is 18.3 Å². The first-order chi connectivity index (χ1) is 11.7. The molecule has 0 heterocycles. The van der Waals surface area contributed by atoms with Crippen LogP contribution in [0.25, 0.3) is 0 Å². The number of nitrogens with two attached hydrogens (primary N) is 1. The number of rotatable bonds is 2. The van der Waals surface area contributed by atoms with E-state index in [0.29, 0.717) is 29.8 Å². The molecule has 3 fully saturated rings. The number of amides is 1. The molecule has 5 rings (SSSR count). The van der Waals surface area contributed by atoms with Crippen molar-refractivity contribution in [1.82, 2.24) is 5.32 Å². The van der Waals surface area contributed by atoms with Crippen molar-refractivity contribution in [3.8, 4) is 0 Å². The number of benzene rings is 1. The summed E-state index contributed by atoms with van der Waals surface area (Å²) in [6.45, 7) is 0. The number of hydrogen-bond acceptors (Lipinski definition) is 2. The summed E-state index contributed by atoms with van der Waals surface area (Å²) in [4.78, 5) is 13.0. The first-order valence-electron chi connectivity index (χ1n) is 9.82. The van der Waals surface area contributed by atoms with Crippen molar-refractivity contribution in [2.75, 3.05) is 0 Å². The van der Waals surface area contributed by atoms with Crippen molar-refractivity contribution < 1.29 is 4.79 Å². The van der Waals surface area contributed by atoms with Gasteiger partial charge in [0.25, 0.3) is 0 Å². The van der Waals surface area contributed by atoms with E-state index >= 15 is 0 Å². The van der Waals surface area contributed by atoms with E-state index in [9.17, 15) is 4.79 Å². The zero-order chi connectivity index (χ0) is 16.3. The van der Waals surface area contributed by atoms with Crippen LogP contribution in [0.2, 0.25) is 0 Å². The highest BCUT2D eigenvalue weighted by Crippen LogP contribution is 2.61. The smallest absolute Gasteiger partial charge is 0.224 e. The summed E-state index contributed by atoms with van der Waals surface area (Å²) >= 11 is 0. The van der Waals surface area contributed by atoms with E-state index in [4.69, 9.17) is 5.73 Å². The van der Waals surface area contributed by atoms with Crippen molar-refractivity contribution in [1.29, 1.82) is 0 Å². The minimum atomic E-state index is 0. The van der Waals surface area contributed by atoms with Gasteiger partial charge in [0, 0.05) is 23.4 Å². The van der Waals surface area contributed by atoms with E-state index in [2.05, 4.69) is 29.6 Å². The molecule has 136 valence electrons. The van der Waals surface area contributed by atoms with Crippen LogP contribution in [0.15, 0.2) is 24.3 Å². The van der Waals surface area contributed by atoms with E-state index in [1.165, 1.54) is 30.4 Å². The van der Waals surface area contributed by atoms with Gasteiger partial charge in [-0.25, -0.2) is 0 Å². The highest BCUT2D eigenvalue weighted by Gasteiger charge is 2.61. The fraction of sp³-hybridized carbons (Fsp3) is 0.667. The second-order valence-electron chi connectivity index (χ2n) is 8.79. The van der Waals surface area contributed by atoms with Crippen LogP contribution in [-0.4, -0.2) is 18.0 Å². The zero-order valence-corrected chi connectivity index (χ0v) is 15.6. The van der Waals surface area contributed by atoms with Gasteiger partial charge < -0.3 is 11.1 Å². The lowest BCUT2D eigenvalue weighted by Gasteiger charge is -2.45. The van der Waals surface area contributed by atoms with E-state index in [0.717, 1.165) is 32.1 Å². The Labute approximate surface area is 156 Å². The summed E-state index contributed by atoms with van der Waals surface area (Å²) in [5.41, 5.74) is 9.31. The molecule has 0 aromatic heterocycles. The minimum Gasteiger partial charge on any atom is -0.353 e. The normalized spacial score (nSPS) is 40.9. The molecule has 4 aliphatic carbocycles. The van der Waals surface area contributed by atoms with Crippen molar-refractivity contribution in [2.24, 2.45) is 23.5 Å². The fourth-order valence-corrected chi connectivity index (χ4v) is 6.23. The Kier molecular flexibility index (Phi) is 4.36. The van der Waals surface area contributed by atoms with Crippen molar-refractivity contribution in [2.45, 2.75) is 68.9 Å². The van der Waals surface area contributed by atoms with Gasteiger partial charge in [-0.1, -0.05) is 30.7 Å². The third kappa shape index (κ3) is 2.71. The molecule has 4 atom stereocenters. The van der Waals surface area contributed by atoms with Crippen LogP contribution in [0.5, 0.6) is 0 Å². The molecule has 4 aliphatic rings. The molecule has 0 aliphatic heterocycles. The molecule has 1 aromatic carbocycles. The summed E-state index contributed by atoms with van der Waals surface area (Å²) in [7, 11) is 0. The first-order valence-corrected chi connectivity index (χ1v) is 9.82. The molecule has 2 bridgehead atoms. The van der Waals surface area contributed by atoms with Crippen LogP contribution in [0.1, 0.15) is 56.1 Å². The molecule has 1 amide bonds. The molecule has 0 radical (unpaired) electrons. The van der Waals surface area contributed by atoms with Gasteiger partial charge in [0.1, 0.15) is 0 Å². The molecule has 3 N–H and O–H groups in total. The van der Waals surface area contributed by atoms with Gasteiger partial charge in [0.05, 0.1) is 0 Å².